The van der Waals surface area contributed by atoms with Gasteiger partial charge in [-0.1, -0.05) is 11.6 Å². The number of carboxylic acids is 1. The zero-order valence-corrected chi connectivity index (χ0v) is 15.1. The highest BCUT2D eigenvalue weighted by Crippen LogP contribution is 2.40. The van der Waals surface area contributed by atoms with Crippen LogP contribution < -0.4 is 20.5 Å². The van der Waals surface area contributed by atoms with Crippen LogP contribution in [-0.4, -0.2) is 29.1 Å². The van der Waals surface area contributed by atoms with Crippen molar-refractivity contribution in [2.75, 3.05) is 23.8 Å². The van der Waals surface area contributed by atoms with Crippen molar-refractivity contribution in [2.45, 2.75) is 0 Å². The van der Waals surface area contributed by atoms with Crippen molar-refractivity contribution in [2.24, 2.45) is 0 Å². The number of fused-ring (bicyclic) bond motifs is 1. The number of pyridine rings is 2. The molecule has 9 heteroatoms. The molecule has 0 amide bonds. The third-order valence-electron chi connectivity index (χ3n) is 4.13. The van der Waals surface area contributed by atoms with Crippen LogP contribution in [0, 0.1) is 5.82 Å². The smallest absolute Gasteiger partial charge is 0.185 e. The van der Waals surface area contributed by atoms with Crippen LogP contribution in [0.4, 0.5) is 21.6 Å². The Balaban J connectivity index is 1.85. The van der Waals surface area contributed by atoms with E-state index in [4.69, 9.17) is 16.3 Å². The Morgan fingerprint density at radius 1 is 1.29 bits per heavy atom. The minimum absolute atomic E-state index is 0.118. The van der Waals surface area contributed by atoms with Crippen molar-refractivity contribution in [1.29, 1.82) is 0 Å². The Morgan fingerprint density at radius 3 is 2.96 bits per heavy atom. The van der Waals surface area contributed by atoms with Gasteiger partial charge < -0.3 is 25.3 Å². The summed E-state index contributed by atoms with van der Waals surface area (Å²) >= 11 is 6.01. The predicted molar refractivity (Wildman–Crippen MR) is 100 cm³/mol. The number of ether oxygens (including phenoxy) is 1. The van der Waals surface area contributed by atoms with Crippen LogP contribution in [0.1, 0.15) is 10.4 Å². The first-order chi connectivity index (χ1) is 13.5. The van der Waals surface area contributed by atoms with Crippen LogP contribution in [0.15, 0.2) is 42.7 Å². The standard InChI is InChI=1S/C19H14ClFN4O3/c20-10-1-2-13(21)11(7-10)15-8-16(17-18(25-15)23-5-6-28-17)24-14-3-4-22-9-12(14)19(26)27/h1-4,7-9H,5-6H2,(H,26,27)(H2,22,23,24,25)/p-1. The van der Waals surface area contributed by atoms with Gasteiger partial charge >= 0.3 is 0 Å². The highest BCUT2D eigenvalue weighted by atomic mass is 35.5. The molecule has 4 rings (SSSR count). The van der Waals surface area contributed by atoms with Gasteiger partial charge in [0, 0.05) is 28.5 Å². The summed E-state index contributed by atoms with van der Waals surface area (Å²) in [6.45, 7) is 0.929. The highest BCUT2D eigenvalue weighted by Gasteiger charge is 2.20. The lowest BCUT2D eigenvalue weighted by molar-refractivity contribution is -0.254. The highest BCUT2D eigenvalue weighted by molar-refractivity contribution is 6.30. The van der Waals surface area contributed by atoms with Crippen LogP contribution in [-0.2, 0) is 0 Å². The first kappa shape index (κ1) is 18.0. The Kier molecular flexibility index (Phi) is 4.70. The summed E-state index contributed by atoms with van der Waals surface area (Å²) in [4.78, 5) is 19.6. The number of carboxylic acid groups (broad SMARTS) is 1. The van der Waals surface area contributed by atoms with Gasteiger partial charge in [0.2, 0.25) is 0 Å². The third kappa shape index (κ3) is 3.41. The van der Waals surface area contributed by atoms with Gasteiger partial charge in [0.1, 0.15) is 12.4 Å². The molecular weight excluding hydrogens is 387 g/mol. The number of carbonyl (C=O) groups excluding carboxylic acids is 1. The molecule has 2 N–H and O–H groups in total. The number of nitrogens with zero attached hydrogens (tertiary/aromatic N) is 2. The molecular formula is C19H13ClFN4O3-. The Labute approximate surface area is 164 Å². The molecule has 0 aliphatic carbocycles. The maximum Gasteiger partial charge on any atom is 0.185 e. The van der Waals surface area contributed by atoms with Crippen molar-refractivity contribution >= 4 is 34.8 Å². The molecule has 0 bridgehead atoms. The van der Waals surface area contributed by atoms with Crippen LogP contribution in [0.5, 0.6) is 5.75 Å². The Morgan fingerprint density at radius 2 is 2.14 bits per heavy atom. The minimum atomic E-state index is -1.38. The molecule has 7 nitrogen and oxygen atoms in total. The lowest BCUT2D eigenvalue weighted by Gasteiger charge is -2.23. The topological polar surface area (TPSA) is 99.2 Å². The second-order valence-corrected chi connectivity index (χ2v) is 6.40. The normalized spacial score (nSPS) is 12.5. The number of halogens is 2. The molecule has 1 aliphatic rings. The average molecular weight is 400 g/mol. The largest absolute Gasteiger partial charge is 0.545 e. The van der Waals surface area contributed by atoms with E-state index in [1.165, 1.54) is 36.7 Å². The quantitative estimate of drug-likeness (QED) is 0.695. The summed E-state index contributed by atoms with van der Waals surface area (Å²) in [6, 6.07) is 7.24. The molecule has 0 saturated heterocycles. The maximum atomic E-state index is 14.4. The van der Waals surface area contributed by atoms with Crippen molar-refractivity contribution < 1.29 is 19.0 Å². The fraction of sp³-hybridized carbons (Fsp3) is 0.105. The van der Waals surface area contributed by atoms with Crippen LogP contribution >= 0.6 is 11.6 Å². The van der Waals surface area contributed by atoms with E-state index in [0.717, 1.165) is 0 Å². The number of benzene rings is 1. The number of nitrogens with one attached hydrogen (secondary N) is 2. The Hall–Kier alpha value is -3.39. The second kappa shape index (κ2) is 7.32. The van der Waals surface area contributed by atoms with Gasteiger partial charge in [-0.15, -0.1) is 0 Å². The van der Waals surface area contributed by atoms with Gasteiger partial charge in [-0.25, -0.2) is 9.37 Å². The summed E-state index contributed by atoms with van der Waals surface area (Å²) in [6.07, 6.45) is 2.63. The molecule has 142 valence electrons. The molecule has 0 unspecified atom stereocenters. The lowest BCUT2D eigenvalue weighted by Crippen LogP contribution is -2.24. The molecule has 3 heterocycles. The number of aromatic nitrogens is 2. The van der Waals surface area contributed by atoms with Crippen molar-refractivity contribution in [3.05, 3.63) is 59.1 Å². The number of rotatable bonds is 4. The monoisotopic (exact) mass is 399 g/mol. The summed E-state index contributed by atoms with van der Waals surface area (Å²) in [7, 11) is 0. The lowest BCUT2D eigenvalue weighted by atomic mass is 10.1. The third-order valence-corrected chi connectivity index (χ3v) is 4.36. The van der Waals surface area contributed by atoms with Gasteiger partial charge in [0.05, 0.1) is 29.6 Å². The molecule has 0 atom stereocenters. The molecule has 0 fully saturated rings. The van der Waals surface area contributed by atoms with Crippen molar-refractivity contribution in [1.82, 2.24) is 9.97 Å². The summed E-state index contributed by atoms with van der Waals surface area (Å²) < 4.78 is 20.0. The van der Waals surface area contributed by atoms with E-state index in [1.807, 2.05) is 0 Å². The van der Waals surface area contributed by atoms with E-state index in [9.17, 15) is 14.3 Å². The molecule has 0 radical (unpaired) electrons. The number of hydrogen-bond acceptors (Lipinski definition) is 7. The van der Waals surface area contributed by atoms with E-state index in [-0.39, 0.29) is 16.8 Å². The molecule has 0 spiro atoms. The maximum absolute atomic E-state index is 14.4. The zero-order valence-electron chi connectivity index (χ0n) is 14.3. The fourth-order valence-corrected chi connectivity index (χ4v) is 3.03. The summed E-state index contributed by atoms with van der Waals surface area (Å²) in [5, 5.41) is 17.8. The minimum Gasteiger partial charge on any atom is -0.545 e. The second-order valence-electron chi connectivity index (χ2n) is 5.97. The number of carbonyl (C=O) groups is 1. The average Bonchev–Trinajstić information content (AvgIpc) is 2.70. The summed E-state index contributed by atoms with van der Waals surface area (Å²) in [5.74, 6) is -1.05. The SMILES string of the molecule is O=C([O-])c1cnccc1Nc1cc(-c2cc(Cl)ccc2F)nc2c1OCCN2. The van der Waals surface area contributed by atoms with E-state index in [0.29, 0.717) is 41.1 Å². The van der Waals surface area contributed by atoms with Crippen molar-refractivity contribution in [3.8, 4) is 17.0 Å². The van der Waals surface area contributed by atoms with E-state index in [1.54, 1.807) is 6.07 Å². The zero-order chi connectivity index (χ0) is 19.7. The van der Waals surface area contributed by atoms with Crippen LogP contribution in [0.3, 0.4) is 0 Å². The van der Waals surface area contributed by atoms with Gasteiger partial charge in [-0.05, 0) is 30.3 Å². The van der Waals surface area contributed by atoms with E-state index in [2.05, 4.69) is 20.6 Å². The van der Waals surface area contributed by atoms with Crippen LogP contribution in [0.2, 0.25) is 5.02 Å². The number of anilines is 3. The van der Waals surface area contributed by atoms with Gasteiger partial charge in [0.25, 0.3) is 0 Å². The van der Waals surface area contributed by atoms with E-state index >= 15 is 0 Å². The first-order valence-corrected chi connectivity index (χ1v) is 8.70. The predicted octanol–water partition coefficient (Wildman–Crippen LogP) is 2.85. The summed E-state index contributed by atoms with van der Waals surface area (Å²) in [5.41, 5.74) is 1.08. The van der Waals surface area contributed by atoms with Gasteiger partial charge in [-0.3, -0.25) is 4.98 Å². The Bertz CT molecular complexity index is 1080. The van der Waals surface area contributed by atoms with Crippen LogP contribution in [0.25, 0.3) is 11.3 Å². The molecule has 0 saturated carbocycles. The van der Waals surface area contributed by atoms with Gasteiger partial charge in [0.15, 0.2) is 11.6 Å². The molecule has 2 aromatic heterocycles. The molecule has 3 aromatic rings. The first-order valence-electron chi connectivity index (χ1n) is 8.32. The molecule has 28 heavy (non-hydrogen) atoms. The van der Waals surface area contributed by atoms with E-state index < -0.39 is 11.8 Å². The van der Waals surface area contributed by atoms with Gasteiger partial charge in [-0.2, -0.15) is 0 Å². The molecule has 1 aliphatic heterocycles. The van der Waals surface area contributed by atoms with Crippen molar-refractivity contribution in [3.63, 3.8) is 0 Å². The number of hydrogen-bond donors (Lipinski definition) is 2. The number of aromatic carboxylic acids is 1. The molecule has 1 aromatic carbocycles. The fourth-order valence-electron chi connectivity index (χ4n) is 2.86.